The molecular formula is C14H17ClN2O2. The van der Waals surface area contributed by atoms with Gasteiger partial charge < -0.3 is 9.64 Å². The van der Waals surface area contributed by atoms with E-state index in [-0.39, 0.29) is 12.0 Å². The van der Waals surface area contributed by atoms with E-state index < -0.39 is 0 Å². The summed E-state index contributed by atoms with van der Waals surface area (Å²) in [5.41, 5.74) is 0. The van der Waals surface area contributed by atoms with E-state index >= 15 is 0 Å². The second-order valence-corrected chi connectivity index (χ2v) is 4.91. The molecule has 0 aromatic carbocycles. The third kappa shape index (κ3) is 3.70. The van der Waals surface area contributed by atoms with Gasteiger partial charge in [-0.1, -0.05) is 17.7 Å². The van der Waals surface area contributed by atoms with Crippen molar-refractivity contribution in [3.63, 3.8) is 0 Å². The number of carbonyl (C=O) groups is 1. The number of hydrogen-bond donors (Lipinski definition) is 0. The fourth-order valence-corrected chi connectivity index (χ4v) is 2.24. The molecule has 19 heavy (non-hydrogen) atoms. The number of amides is 1. The molecule has 1 aliphatic heterocycles. The van der Waals surface area contributed by atoms with Gasteiger partial charge in [0.2, 0.25) is 5.91 Å². The Hall–Kier alpha value is -1.55. The Morgan fingerprint density at radius 2 is 2.53 bits per heavy atom. The predicted molar refractivity (Wildman–Crippen MR) is 74.3 cm³/mol. The van der Waals surface area contributed by atoms with E-state index in [9.17, 15) is 4.79 Å². The Balaban J connectivity index is 1.87. The van der Waals surface area contributed by atoms with Gasteiger partial charge in [-0.15, -0.1) is 6.58 Å². The molecule has 0 bridgehead atoms. The van der Waals surface area contributed by atoms with Gasteiger partial charge in [0.25, 0.3) is 0 Å². The number of likely N-dealkylation sites (tertiary alicyclic amines) is 1. The summed E-state index contributed by atoms with van der Waals surface area (Å²) in [7, 11) is 0. The first-order valence-electron chi connectivity index (χ1n) is 6.35. The topological polar surface area (TPSA) is 42.4 Å². The molecule has 1 aromatic heterocycles. The minimum absolute atomic E-state index is 0.00702. The van der Waals surface area contributed by atoms with Crippen molar-refractivity contribution in [1.82, 2.24) is 9.88 Å². The van der Waals surface area contributed by atoms with Crippen molar-refractivity contribution in [2.45, 2.75) is 25.4 Å². The zero-order chi connectivity index (χ0) is 13.7. The summed E-state index contributed by atoms with van der Waals surface area (Å²) in [6.07, 6.45) is 7.04. The van der Waals surface area contributed by atoms with E-state index in [0.717, 1.165) is 19.4 Å². The molecule has 0 aliphatic carbocycles. The van der Waals surface area contributed by atoms with Gasteiger partial charge in [0, 0.05) is 37.8 Å². The molecule has 102 valence electrons. The molecule has 1 amide bonds. The van der Waals surface area contributed by atoms with Crippen LogP contribution in [0.15, 0.2) is 31.1 Å². The number of carbonyl (C=O) groups excluding carboxylic acids is 1. The summed E-state index contributed by atoms with van der Waals surface area (Å²) >= 11 is 5.99. The molecule has 0 radical (unpaired) electrons. The van der Waals surface area contributed by atoms with Gasteiger partial charge in [0.1, 0.15) is 16.9 Å². The molecule has 2 rings (SSSR count). The number of aromatic nitrogens is 1. The number of ether oxygens (including phenoxy) is 1. The Bertz CT molecular complexity index is 465. The lowest BCUT2D eigenvalue weighted by atomic mass is 10.3. The molecule has 0 spiro atoms. The van der Waals surface area contributed by atoms with Crippen LogP contribution in [0.5, 0.6) is 5.75 Å². The maximum absolute atomic E-state index is 11.9. The monoisotopic (exact) mass is 280 g/mol. The number of hydrogen-bond acceptors (Lipinski definition) is 3. The van der Waals surface area contributed by atoms with Crippen LogP contribution in [0.2, 0.25) is 5.02 Å². The first-order valence-corrected chi connectivity index (χ1v) is 6.73. The van der Waals surface area contributed by atoms with Crippen LogP contribution in [-0.4, -0.2) is 35.0 Å². The third-order valence-corrected chi connectivity index (χ3v) is 3.37. The molecule has 1 aromatic rings. The minimum Gasteiger partial charge on any atom is -0.487 e. The van der Waals surface area contributed by atoms with Gasteiger partial charge in [-0.05, 0) is 6.42 Å². The van der Waals surface area contributed by atoms with Crippen LogP contribution in [0.3, 0.4) is 0 Å². The van der Waals surface area contributed by atoms with E-state index in [4.69, 9.17) is 16.3 Å². The van der Waals surface area contributed by atoms with Gasteiger partial charge in [0.15, 0.2) is 0 Å². The smallest absolute Gasteiger partial charge is 0.223 e. The lowest BCUT2D eigenvalue weighted by Gasteiger charge is -2.17. The lowest BCUT2D eigenvalue weighted by Crippen LogP contribution is -2.30. The number of nitrogens with zero attached hydrogens (tertiary/aromatic N) is 2. The molecule has 5 heteroatoms. The van der Waals surface area contributed by atoms with Crippen molar-refractivity contribution in [3.05, 3.63) is 36.1 Å². The van der Waals surface area contributed by atoms with Gasteiger partial charge in [-0.2, -0.15) is 0 Å². The maximum Gasteiger partial charge on any atom is 0.223 e. The molecule has 0 saturated carbocycles. The highest BCUT2D eigenvalue weighted by atomic mass is 35.5. The zero-order valence-corrected chi connectivity index (χ0v) is 11.5. The van der Waals surface area contributed by atoms with E-state index in [1.807, 2.05) is 4.90 Å². The molecule has 1 saturated heterocycles. The van der Waals surface area contributed by atoms with Gasteiger partial charge in [0.05, 0.1) is 6.54 Å². The fraction of sp³-hybridized carbons (Fsp3) is 0.429. The lowest BCUT2D eigenvalue weighted by molar-refractivity contribution is -0.130. The molecule has 0 unspecified atom stereocenters. The van der Waals surface area contributed by atoms with Crippen molar-refractivity contribution in [2.75, 3.05) is 13.1 Å². The highest BCUT2D eigenvalue weighted by molar-refractivity contribution is 6.31. The second kappa shape index (κ2) is 6.57. The summed E-state index contributed by atoms with van der Waals surface area (Å²) < 4.78 is 5.80. The third-order valence-electron chi connectivity index (χ3n) is 3.09. The van der Waals surface area contributed by atoms with Crippen molar-refractivity contribution in [3.8, 4) is 5.75 Å². The second-order valence-electron chi connectivity index (χ2n) is 4.50. The van der Waals surface area contributed by atoms with Crippen LogP contribution < -0.4 is 4.74 Å². The first-order chi connectivity index (χ1) is 9.20. The zero-order valence-electron chi connectivity index (χ0n) is 10.7. The van der Waals surface area contributed by atoms with Gasteiger partial charge >= 0.3 is 0 Å². The molecule has 2 heterocycles. The van der Waals surface area contributed by atoms with Crippen LogP contribution >= 0.6 is 11.6 Å². The van der Waals surface area contributed by atoms with Crippen molar-refractivity contribution in [1.29, 1.82) is 0 Å². The normalized spacial score (nSPS) is 18.4. The van der Waals surface area contributed by atoms with Crippen LogP contribution in [0.1, 0.15) is 19.3 Å². The summed E-state index contributed by atoms with van der Waals surface area (Å²) in [4.78, 5) is 17.6. The number of pyridine rings is 1. The molecule has 1 aliphatic rings. The highest BCUT2D eigenvalue weighted by Gasteiger charge is 2.27. The largest absolute Gasteiger partial charge is 0.487 e. The van der Waals surface area contributed by atoms with Crippen molar-refractivity contribution < 1.29 is 9.53 Å². The van der Waals surface area contributed by atoms with Crippen LogP contribution in [0, 0.1) is 0 Å². The van der Waals surface area contributed by atoms with Gasteiger partial charge in [-0.25, -0.2) is 0 Å². The standard InChI is InChI=1S/C14H17ClN2O2/c1-2-3-4-14(18)17-8-6-11(10-17)19-13-5-7-16-9-12(13)15/h2,5,7,9,11H,1,3-4,6,8,10H2/t11-/m0/s1. The molecule has 1 fully saturated rings. The molecule has 1 atom stereocenters. The van der Waals surface area contributed by atoms with Gasteiger partial charge in [-0.3, -0.25) is 9.78 Å². The number of allylic oxidation sites excluding steroid dienone is 1. The Morgan fingerprint density at radius 3 is 3.26 bits per heavy atom. The van der Waals surface area contributed by atoms with E-state index in [2.05, 4.69) is 11.6 Å². The van der Waals surface area contributed by atoms with Crippen molar-refractivity contribution >= 4 is 17.5 Å². The maximum atomic E-state index is 11.9. The summed E-state index contributed by atoms with van der Waals surface area (Å²) in [5, 5.41) is 0.499. The summed E-state index contributed by atoms with van der Waals surface area (Å²) in [6, 6.07) is 1.74. The Morgan fingerprint density at radius 1 is 1.68 bits per heavy atom. The fourth-order valence-electron chi connectivity index (χ4n) is 2.07. The number of halogens is 1. The molecular weight excluding hydrogens is 264 g/mol. The van der Waals surface area contributed by atoms with E-state index in [1.54, 1.807) is 24.5 Å². The number of rotatable bonds is 5. The van der Waals surface area contributed by atoms with Crippen LogP contribution in [-0.2, 0) is 4.79 Å². The average Bonchev–Trinajstić information content (AvgIpc) is 2.87. The predicted octanol–water partition coefficient (Wildman–Crippen LogP) is 2.68. The van der Waals surface area contributed by atoms with Crippen molar-refractivity contribution in [2.24, 2.45) is 0 Å². The molecule has 0 N–H and O–H groups in total. The Kier molecular flexibility index (Phi) is 4.80. The SMILES string of the molecule is C=CCCC(=O)N1CC[C@H](Oc2ccncc2Cl)C1. The van der Waals surface area contributed by atoms with E-state index in [0.29, 0.717) is 23.7 Å². The molecule has 4 nitrogen and oxygen atoms in total. The van der Waals surface area contributed by atoms with Crippen LogP contribution in [0.25, 0.3) is 0 Å². The average molecular weight is 281 g/mol. The first kappa shape index (κ1) is 13.9. The summed E-state index contributed by atoms with van der Waals surface area (Å²) in [6.45, 7) is 4.98. The minimum atomic E-state index is 0.00702. The van der Waals surface area contributed by atoms with E-state index in [1.165, 1.54) is 0 Å². The van der Waals surface area contributed by atoms with Crippen LogP contribution in [0.4, 0.5) is 0 Å². The Labute approximate surface area is 118 Å². The highest BCUT2D eigenvalue weighted by Crippen LogP contribution is 2.25. The summed E-state index contributed by atoms with van der Waals surface area (Å²) in [5.74, 6) is 0.786. The quantitative estimate of drug-likeness (QED) is 0.779.